The zero-order chi connectivity index (χ0) is 11.2. The zero-order valence-corrected chi connectivity index (χ0v) is 7.85. The number of carbonyl (C=O) groups is 2. The van der Waals surface area contributed by atoms with Gasteiger partial charge in [-0.2, -0.15) is 0 Å². The van der Waals surface area contributed by atoms with Gasteiger partial charge in [-0.15, -0.1) is 0 Å². The molecule has 1 aromatic carbocycles. The van der Waals surface area contributed by atoms with E-state index in [0.717, 1.165) is 0 Å². The van der Waals surface area contributed by atoms with Crippen molar-refractivity contribution in [1.82, 2.24) is 5.01 Å². The number of rotatable bonds is 1. The molecule has 3 N–H and O–H groups in total. The molecule has 6 heteroatoms. The molecule has 1 aliphatic rings. The molecule has 1 aromatic rings. The van der Waals surface area contributed by atoms with Gasteiger partial charge in [0.15, 0.2) is 0 Å². The Balaban J connectivity index is 2.76. The highest BCUT2D eigenvalue weighted by molar-refractivity contribution is 6.23. The Morgan fingerprint density at radius 1 is 1.27 bits per heavy atom. The summed E-state index contributed by atoms with van der Waals surface area (Å²) in [5.74, 6) is 3.76. The van der Waals surface area contributed by atoms with Gasteiger partial charge in [-0.25, -0.2) is 10.9 Å². The molecule has 0 bridgehead atoms. The van der Waals surface area contributed by atoms with Gasteiger partial charge in [0.25, 0.3) is 11.8 Å². The van der Waals surface area contributed by atoms with E-state index in [9.17, 15) is 14.7 Å². The second kappa shape index (κ2) is 2.96. The molecular weight excluding hydrogens is 200 g/mol. The summed E-state index contributed by atoms with van der Waals surface area (Å²) in [7, 11) is 1.36. The van der Waals surface area contributed by atoms with Crippen LogP contribution in [0.4, 0.5) is 0 Å². The first kappa shape index (κ1) is 9.47. The molecule has 0 saturated heterocycles. The van der Waals surface area contributed by atoms with Gasteiger partial charge in [0.05, 0.1) is 18.2 Å². The van der Waals surface area contributed by atoms with E-state index < -0.39 is 11.8 Å². The van der Waals surface area contributed by atoms with Crippen molar-refractivity contribution in [3.05, 3.63) is 23.3 Å². The third-order valence-corrected chi connectivity index (χ3v) is 2.23. The summed E-state index contributed by atoms with van der Waals surface area (Å²) in [5, 5.41) is 9.90. The lowest BCUT2D eigenvalue weighted by Gasteiger charge is -2.04. The molecule has 6 nitrogen and oxygen atoms in total. The quantitative estimate of drug-likeness (QED) is 0.381. The topological polar surface area (TPSA) is 92.9 Å². The number of phenols is 1. The molecule has 0 aliphatic carbocycles. The minimum Gasteiger partial charge on any atom is -0.507 e. The normalized spacial score (nSPS) is 14.4. The highest BCUT2D eigenvalue weighted by atomic mass is 16.5. The lowest BCUT2D eigenvalue weighted by Crippen LogP contribution is -2.36. The van der Waals surface area contributed by atoms with Crippen molar-refractivity contribution in [2.24, 2.45) is 5.84 Å². The molecule has 0 saturated carbocycles. The van der Waals surface area contributed by atoms with Crippen LogP contribution in [0.15, 0.2) is 12.1 Å². The second-order valence-corrected chi connectivity index (χ2v) is 3.02. The van der Waals surface area contributed by atoms with E-state index in [1.807, 2.05) is 0 Å². The van der Waals surface area contributed by atoms with Crippen LogP contribution in [0, 0.1) is 0 Å². The Bertz CT molecular complexity index is 469. The summed E-state index contributed by atoms with van der Waals surface area (Å²) in [6, 6.07) is 2.68. The van der Waals surface area contributed by atoms with Gasteiger partial charge in [-0.3, -0.25) is 9.59 Å². The number of aromatic hydroxyl groups is 1. The summed E-state index contributed by atoms with van der Waals surface area (Å²) in [5.41, 5.74) is -0.105. The molecule has 1 heterocycles. The van der Waals surface area contributed by atoms with Crippen LogP contribution in [0.25, 0.3) is 0 Å². The zero-order valence-electron chi connectivity index (χ0n) is 7.85. The number of carbonyl (C=O) groups excluding carboxylic acids is 2. The molecule has 0 radical (unpaired) electrons. The first-order valence-corrected chi connectivity index (χ1v) is 4.11. The first-order chi connectivity index (χ1) is 7.07. The number of imide groups is 1. The van der Waals surface area contributed by atoms with E-state index in [1.165, 1.54) is 19.2 Å². The Labute approximate surface area is 84.8 Å². The van der Waals surface area contributed by atoms with Crippen molar-refractivity contribution in [3.63, 3.8) is 0 Å². The molecule has 2 rings (SSSR count). The number of ether oxygens (including phenoxy) is 1. The fraction of sp³-hybridized carbons (Fsp3) is 0.111. The lowest BCUT2D eigenvalue weighted by molar-refractivity contribution is 0.0652. The smallest absolute Gasteiger partial charge is 0.279 e. The van der Waals surface area contributed by atoms with Crippen molar-refractivity contribution in [3.8, 4) is 11.5 Å². The van der Waals surface area contributed by atoms with E-state index in [2.05, 4.69) is 0 Å². The van der Waals surface area contributed by atoms with Gasteiger partial charge in [0.1, 0.15) is 11.5 Å². The SMILES string of the molecule is COc1ccc(O)c2c1C(=O)N(N)C2=O. The van der Waals surface area contributed by atoms with Gasteiger partial charge < -0.3 is 9.84 Å². The Kier molecular flexibility index (Phi) is 1.87. The molecule has 2 amide bonds. The average Bonchev–Trinajstić information content (AvgIpc) is 2.46. The van der Waals surface area contributed by atoms with E-state index in [1.54, 1.807) is 0 Å². The molecule has 15 heavy (non-hydrogen) atoms. The third-order valence-electron chi connectivity index (χ3n) is 2.23. The number of phenolic OH excluding ortho intramolecular Hbond substituents is 1. The summed E-state index contributed by atoms with van der Waals surface area (Å²) in [4.78, 5) is 23.0. The van der Waals surface area contributed by atoms with Gasteiger partial charge >= 0.3 is 0 Å². The molecule has 0 aromatic heterocycles. The summed E-state index contributed by atoms with van der Waals surface area (Å²) < 4.78 is 4.91. The molecule has 78 valence electrons. The van der Waals surface area contributed by atoms with E-state index in [4.69, 9.17) is 10.6 Å². The number of benzene rings is 1. The fourth-order valence-corrected chi connectivity index (χ4v) is 1.50. The van der Waals surface area contributed by atoms with Crippen LogP contribution in [-0.2, 0) is 0 Å². The maximum atomic E-state index is 11.5. The van der Waals surface area contributed by atoms with E-state index in [-0.39, 0.29) is 22.6 Å². The minimum absolute atomic E-state index is 0.00463. The summed E-state index contributed by atoms with van der Waals surface area (Å²) in [6.07, 6.45) is 0. The number of methoxy groups -OCH3 is 1. The minimum atomic E-state index is -0.730. The molecule has 0 atom stereocenters. The van der Waals surface area contributed by atoms with Crippen LogP contribution in [-0.4, -0.2) is 29.0 Å². The van der Waals surface area contributed by atoms with Crippen LogP contribution in [0.5, 0.6) is 11.5 Å². The fourth-order valence-electron chi connectivity index (χ4n) is 1.50. The largest absolute Gasteiger partial charge is 0.507 e. The van der Waals surface area contributed by atoms with Gasteiger partial charge in [-0.1, -0.05) is 0 Å². The molecule has 0 fully saturated rings. The Morgan fingerprint density at radius 2 is 1.87 bits per heavy atom. The number of nitrogens with zero attached hydrogens (tertiary/aromatic N) is 1. The van der Waals surface area contributed by atoms with Gasteiger partial charge in [0.2, 0.25) is 0 Å². The van der Waals surface area contributed by atoms with Crippen LogP contribution < -0.4 is 10.6 Å². The van der Waals surface area contributed by atoms with E-state index >= 15 is 0 Å². The maximum absolute atomic E-state index is 11.5. The highest BCUT2D eigenvalue weighted by Crippen LogP contribution is 2.35. The van der Waals surface area contributed by atoms with Crippen LogP contribution in [0.3, 0.4) is 0 Å². The van der Waals surface area contributed by atoms with Crippen LogP contribution in [0.2, 0.25) is 0 Å². The van der Waals surface area contributed by atoms with Crippen molar-refractivity contribution < 1.29 is 19.4 Å². The first-order valence-electron chi connectivity index (χ1n) is 4.11. The monoisotopic (exact) mass is 208 g/mol. The predicted molar refractivity (Wildman–Crippen MR) is 49.3 cm³/mol. The van der Waals surface area contributed by atoms with Crippen LogP contribution >= 0.6 is 0 Å². The summed E-state index contributed by atoms with van der Waals surface area (Å²) in [6.45, 7) is 0. The number of hydrazine groups is 1. The number of fused-ring (bicyclic) bond motifs is 1. The number of amides is 2. The number of nitrogens with two attached hydrogens (primary N) is 1. The molecule has 1 aliphatic heterocycles. The second-order valence-electron chi connectivity index (χ2n) is 3.02. The Hall–Kier alpha value is -2.08. The molecular formula is C9H8N2O4. The van der Waals surface area contributed by atoms with Crippen molar-refractivity contribution in [1.29, 1.82) is 0 Å². The van der Waals surface area contributed by atoms with Crippen molar-refractivity contribution in [2.75, 3.05) is 7.11 Å². The van der Waals surface area contributed by atoms with E-state index in [0.29, 0.717) is 5.01 Å². The highest BCUT2D eigenvalue weighted by Gasteiger charge is 2.38. The standard InChI is InChI=1S/C9H8N2O4/c1-15-5-3-2-4(12)6-7(5)9(14)11(10)8(6)13/h2-3,12H,10H2,1H3. The average molecular weight is 208 g/mol. The van der Waals surface area contributed by atoms with Gasteiger partial charge in [-0.05, 0) is 12.1 Å². The third kappa shape index (κ3) is 1.08. The molecule has 0 spiro atoms. The van der Waals surface area contributed by atoms with Crippen molar-refractivity contribution in [2.45, 2.75) is 0 Å². The van der Waals surface area contributed by atoms with Gasteiger partial charge in [0, 0.05) is 0 Å². The predicted octanol–water partition coefficient (Wildman–Crippen LogP) is -0.130. The Morgan fingerprint density at radius 3 is 2.47 bits per heavy atom. The maximum Gasteiger partial charge on any atom is 0.279 e. The molecule has 0 unspecified atom stereocenters. The number of hydrogen-bond acceptors (Lipinski definition) is 5. The van der Waals surface area contributed by atoms with Crippen LogP contribution in [0.1, 0.15) is 20.7 Å². The van der Waals surface area contributed by atoms with Crippen molar-refractivity contribution >= 4 is 11.8 Å². The summed E-state index contributed by atoms with van der Waals surface area (Å²) >= 11 is 0. The number of hydrogen-bond donors (Lipinski definition) is 2. The lowest BCUT2D eigenvalue weighted by atomic mass is 10.1.